The van der Waals surface area contributed by atoms with Crippen LogP contribution in [0, 0.1) is 29.1 Å². The summed E-state index contributed by atoms with van der Waals surface area (Å²) in [5.41, 5.74) is 0.486. The molecule has 0 aromatic carbocycles. The topological polar surface area (TPSA) is 82.1 Å². The van der Waals surface area contributed by atoms with E-state index in [-0.39, 0.29) is 41.8 Å². The number of aliphatic hydroxyl groups excluding tert-OH is 1. The number of hydrogen-bond donors (Lipinski definition) is 1. The minimum Gasteiger partial charge on any atom is -0.466 e. The Kier molecular flexibility index (Phi) is 5.54. The number of methoxy groups -OCH3 is 2. The van der Waals surface area contributed by atoms with Gasteiger partial charge in [-0.2, -0.15) is 0 Å². The van der Waals surface area contributed by atoms with Gasteiger partial charge < -0.3 is 19.3 Å². The number of hydrogen-bond acceptors (Lipinski definition) is 6. The summed E-state index contributed by atoms with van der Waals surface area (Å²) in [6.07, 6.45) is 2.97. The first-order chi connectivity index (χ1) is 12.7. The number of carbonyl (C=O) groups is 2. The molecule has 0 aliphatic heterocycles. The summed E-state index contributed by atoms with van der Waals surface area (Å²) < 4.78 is 16.6. The van der Waals surface area contributed by atoms with Crippen molar-refractivity contribution < 1.29 is 28.9 Å². The van der Waals surface area contributed by atoms with Crippen LogP contribution in [0.2, 0.25) is 0 Å². The summed E-state index contributed by atoms with van der Waals surface area (Å²) in [5, 5.41) is 10.8. The van der Waals surface area contributed by atoms with Gasteiger partial charge >= 0.3 is 5.97 Å². The number of aliphatic hydroxyl groups is 1. The van der Waals surface area contributed by atoms with Gasteiger partial charge in [-0.05, 0) is 49.5 Å². The summed E-state index contributed by atoms with van der Waals surface area (Å²) in [6, 6.07) is 0. The van der Waals surface area contributed by atoms with Crippen LogP contribution in [0.15, 0.2) is 11.6 Å². The van der Waals surface area contributed by atoms with Crippen LogP contribution in [-0.2, 0) is 23.8 Å². The third-order valence-corrected chi connectivity index (χ3v) is 7.55. The van der Waals surface area contributed by atoms with E-state index in [1.807, 2.05) is 6.92 Å². The molecule has 152 valence electrons. The van der Waals surface area contributed by atoms with E-state index in [0.29, 0.717) is 25.9 Å². The number of carbonyl (C=O) groups excluding carboxylic acids is 2. The number of ether oxygens (including phenoxy) is 3. The molecule has 0 saturated heterocycles. The minimum atomic E-state index is -0.749. The minimum absolute atomic E-state index is 0.0189. The van der Waals surface area contributed by atoms with Crippen LogP contribution in [-0.4, -0.2) is 49.6 Å². The van der Waals surface area contributed by atoms with Gasteiger partial charge in [0, 0.05) is 33.0 Å². The highest BCUT2D eigenvalue weighted by atomic mass is 16.7. The second-order valence-electron chi connectivity index (χ2n) is 8.57. The van der Waals surface area contributed by atoms with Crippen molar-refractivity contribution >= 4 is 11.8 Å². The molecule has 3 aliphatic rings. The third kappa shape index (κ3) is 3.15. The highest BCUT2D eigenvalue weighted by Gasteiger charge is 2.64. The molecule has 0 amide bonds. The summed E-state index contributed by atoms with van der Waals surface area (Å²) in [5.74, 6) is -1.33. The fourth-order valence-electron chi connectivity index (χ4n) is 6.11. The Morgan fingerprint density at radius 1 is 1.30 bits per heavy atom. The molecule has 27 heavy (non-hydrogen) atoms. The molecular weight excluding hydrogens is 348 g/mol. The largest absolute Gasteiger partial charge is 0.466 e. The normalized spacial score (nSPS) is 40.1. The van der Waals surface area contributed by atoms with Gasteiger partial charge in [-0.25, -0.2) is 0 Å². The Morgan fingerprint density at radius 3 is 2.56 bits per heavy atom. The third-order valence-electron chi connectivity index (χ3n) is 7.55. The Morgan fingerprint density at radius 2 is 1.96 bits per heavy atom. The van der Waals surface area contributed by atoms with Gasteiger partial charge in [0.2, 0.25) is 0 Å². The molecule has 0 heterocycles. The lowest BCUT2D eigenvalue weighted by molar-refractivity contribution is -0.206. The predicted octanol–water partition coefficient (Wildman–Crippen LogP) is 2.49. The monoisotopic (exact) mass is 380 g/mol. The van der Waals surface area contributed by atoms with Crippen LogP contribution in [0.25, 0.3) is 0 Å². The zero-order valence-electron chi connectivity index (χ0n) is 17.0. The lowest BCUT2D eigenvalue weighted by atomic mass is 9.48. The average Bonchev–Trinajstić information content (AvgIpc) is 3.04. The van der Waals surface area contributed by atoms with E-state index in [4.69, 9.17) is 14.2 Å². The summed E-state index contributed by atoms with van der Waals surface area (Å²) in [4.78, 5) is 25.2. The van der Waals surface area contributed by atoms with E-state index in [9.17, 15) is 14.7 Å². The molecule has 3 aliphatic carbocycles. The van der Waals surface area contributed by atoms with Gasteiger partial charge in [0.05, 0.1) is 19.1 Å². The maximum atomic E-state index is 12.9. The van der Waals surface area contributed by atoms with Crippen LogP contribution in [0.4, 0.5) is 0 Å². The molecule has 3 rings (SSSR count). The fraction of sp³-hybridized carbons (Fsp3) is 0.810. The number of ketones is 1. The van der Waals surface area contributed by atoms with Crippen molar-refractivity contribution in [2.24, 2.45) is 29.1 Å². The maximum absolute atomic E-state index is 12.9. The van der Waals surface area contributed by atoms with Crippen LogP contribution in [0.5, 0.6) is 0 Å². The molecule has 2 saturated carbocycles. The van der Waals surface area contributed by atoms with E-state index in [1.165, 1.54) is 0 Å². The first-order valence-electron chi connectivity index (χ1n) is 9.88. The maximum Gasteiger partial charge on any atom is 0.306 e. The van der Waals surface area contributed by atoms with Crippen molar-refractivity contribution in [1.82, 2.24) is 0 Å². The van der Waals surface area contributed by atoms with Crippen molar-refractivity contribution in [2.45, 2.75) is 58.3 Å². The molecule has 6 heteroatoms. The highest BCUT2D eigenvalue weighted by molar-refractivity contribution is 5.94. The zero-order valence-corrected chi connectivity index (χ0v) is 17.0. The summed E-state index contributed by atoms with van der Waals surface area (Å²) in [7, 11) is 3.25. The smallest absolute Gasteiger partial charge is 0.306 e. The molecular formula is C21H32O6. The first kappa shape index (κ1) is 20.5. The molecule has 2 fully saturated rings. The van der Waals surface area contributed by atoms with Gasteiger partial charge in [0.25, 0.3) is 0 Å². The molecule has 0 radical (unpaired) electrons. The van der Waals surface area contributed by atoms with Gasteiger partial charge in [-0.3, -0.25) is 9.59 Å². The number of fused-ring (bicyclic) bond motifs is 3. The molecule has 0 aromatic rings. The van der Waals surface area contributed by atoms with Crippen molar-refractivity contribution in [3.63, 3.8) is 0 Å². The number of rotatable bonds is 5. The zero-order chi connectivity index (χ0) is 20.0. The van der Waals surface area contributed by atoms with Crippen LogP contribution >= 0.6 is 0 Å². The van der Waals surface area contributed by atoms with Crippen molar-refractivity contribution in [1.29, 1.82) is 0 Å². The van der Waals surface area contributed by atoms with Gasteiger partial charge in [0.15, 0.2) is 11.6 Å². The van der Waals surface area contributed by atoms with Crippen molar-refractivity contribution in [3.05, 3.63) is 11.6 Å². The lowest BCUT2D eigenvalue weighted by Gasteiger charge is -2.55. The second-order valence-corrected chi connectivity index (χ2v) is 8.57. The molecule has 0 aromatic heterocycles. The van der Waals surface area contributed by atoms with Crippen LogP contribution in [0.3, 0.4) is 0 Å². The molecule has 0 bridgehead atoms. The first-order valence-corrected chi connectivity index (χ1v) is 9.88. The second kappa shape index (κ2) is 7.30. The van der Waals surface area contributed by atoms with Crippen molar-refractivity contribution in [3.8, 4) is 0 Å². The SMILES string of the molecule is CCOC(=O)C[C@@H]1C(C)=CC(=O)[C@@H]2C[C@@H](O)[C@H]3CC(OC)(OC)C[C@H]3[C@@]12C. The van der Waals surface area contributed by atoms with E-state index in [1.54, 1.807) is 27.2 Å². The lowest BCUT2D eigenvalue weighted by Crippen LogP contribution is -2.56. The quantitative estimate of drug-likeness (QED) is 0.583. The summed E-state index contributed by atoms with van der Waals surface area (Å²) >= 11 is 0. The molecule has 0 unspecified atom stereocenters. The standard InChI is InChI=1S/C21H32O6/c1-6-27-19(24)9-14-12(2)7-18(23)15-8-17(22)13-10-21(25-4,26-5)11-16(13)20(14,15)3/h7,13-17,22H,6,8-11H2,1-5H3/t13-,14+,15-,16+,17+,20-/m0/s1. The molecule has 0 spiro atoms. The van der Waals surface area contributed by atoms with Gasteiger partial charge in [-0.1, -0.05) is 12.5 Å². The van der Waals surface area contributed by atoms with E-state index in [2.05, 4.69) is 6.92 Å². The molecule has 1 N–H and O–H groups in total. The fourth-order valence-corrected chi connectivity index (χ4v) is 6.11. The number of allylic oxidation sites excluding steroid dienone is 2. The van der Waals surface area contributed by atoms with E-state index >= 15 is 0 Å². The highest BCUT2D eigenvalue weighted by Crippen LogP contribution is 2.64. The van der Waals surface area contributed by atoms with E-state index in [0.717, 1.165) is 5.57 Å². The molecule has 6 atom stereocenters. The van der Waals surface area contributed by atoms with Crippen molar-refractivity contribution in [2.75, 3.05) is 20.8 Å². The predicted molar refractivity (Wildman–Crippen MR) is 98.7 cm³/mol. The Labute approximate surface area is 161 Å². The summed E-state index contributed by atoms with van der Waals surface area (Å²) in [6.45, 7) is 6.18. The van der Waals surface area contributed by atoms with Crippen LogP contribution in [0.1, 0.15) is 46.5 Å². The Hall–Kier alpha value is -1.24. The molecule has 6 nitrogen and oxygen atoms in total. The average molecular weight is 380 g/mol. The van der Waals surface area contributed by atoms with Gasteiger partial charge in [-0.15, -0.1) is 0 Å². The van der Waals surface area contributed by atoms with E-state index < -0.39 is 17.3 Å². The Balaban J connectivity index is 2.03. The van der Waals surface area contributed by atoms with Crippen LogP contribution < -0.4 is 0 Å². The van der Waals surface area contributed by atoms with Gasteiger partial charge in [0.1, 0.15) is 0 Å². The number of esters is 1. The Bertz CT molecular complexity index is 637.